The van der Waals surface area contributed by atoms with Crippen molar-refractivity contribution in [2.24, 2.45) is 4.99 Å². The van der Waals surface area contributed by atoms with E-state index in [1.54, 1.807) is 24.5 Å². The van der Waals surface area contributed by atoms with Gasteiger partial charge in [0.2, 0.25) is 0 Å². The first-order valence-electron chi connectivity index (χ1n) is 10.2. The van der Waals surface area contributed by atoms with Gasteiger partial charge in [-0.3, -0.25) is 9.36 Å². The lowest BCUT2D eigenvalue weighted by Crippen LogP contribution is -2.39. The fourth-order valence-electron chi connectivity index (χ4n) is 3.68. The fraction of sp³-hybridized carbons (Fsp3) is 0.208. The average Bonchev–Trinajstić information content (AvgIpc) is 3.06. The fourth-order valence-corrected chi connectivity index (χ4v) is 6.54. The number of nitrogens with zero attached hydrogens (tertiary/aromatic N) is 2. The van der Waals surface area contributed by atoms with Gasteiger partial charge in [0.25, 0.3) is 5.56 Å². The lowest BCUT2D eigenvalue weighted by atomic mass is 9.95. The van der Waals surface area contributed by atoms with Crippen LogP contribution in [-0.4, -0.2) is 22.2 Å². The second-order valence-electron chi connectivity index (χ2n) is 7.55. The van der Waals surface area contributed by atoms with Gasteiger partial charge in [-0.1, -0.05) is 41.2 Å². The molecule has 4 rings (SSSR count). The van der Waals surface area contributed by atoms with Crippen LogP contribution in [0.15, 0.2) is 57.5 Å². The highest BCUT2D eigenvalue weighted by Gasteiger charge is 2.33. The topological polar surface area (TPSA) is 80.9 Å². The molecule has 1 aliphatic heterocycles. The Labute approximate surface area is 221 Å². The van der Waals surface area contributed by atoms with Gasteiger partial charge in [-0.25, -0.2) is 9.79 Å². The molecule has 9 heteroatoms. The summed E-state index contributed by atoms with van der Waals surface area (Å²) in [6, 6.07) is 10.8. The first-order valence-corrected chi connectivity index (χ1v) is 13.1. The molecule has 33 heavy (non-hydrogen) atoms. The van der Waals surface area contributed by atoms with E-state index in [1.165, 1.54) is 11.3 Å². The predicted octanol–water partition coefficient (Wildman–Crippen LogP) is 4.02. The van der Waals surface area contributed by atoms with Gasteiger partial charge in [-0.05, 0) is 95.3 Å². The van der Waals surface area contributed by atoms with Crippen molar-refractivity contribution >= 4 is 68.6 Å². The maximum atomic E-state index is 13.6. The lowest BCUT2D eigenvalue weighted by molar-refractivity contribution is -0.139. The van der Waals surface area contributed by atoms with Crippen LogP contribution in [0.4, 0.5) is 0 Å². The van der Waals surface area contributed by atoms with Crippen LogP contribution in [0.2, 0.25) is 0 Å². The molecule has 0 radical (unpaired) electrons. The average molecular weight is 686 g/mol. The minimum absolute atomic E-state index is 0.225. The second kappa shape index (κ2) is 9.71. The van der Waals surface area contributed by atoms with Crippen molar-refractivity contribution in [3.63, 3.8) is 0 Å². The molecule has 0 bridgehead atoms. The standard InChI is InChI=1S/C24H20I2N2O4S/c1-4-32-23(31)19-13(3)27-24-28(20(19)15-7-5-12(2)6-8-15)22(30)18(33-24)11-14-9-16(25)21(29)17(26)10-14/h5-11,20,29H,4H2,1-3H3/b18-11-/t20-/m1/s1. The summed E-state index contributed by atoms with van der Waals surface area (Å²) < 4.78 is 8.81. The van der Waals surface area contributed by atoms with Crippen molar-refractivity contribution < 1.29 is 14.6 Å². The summed E-state index contributed by atoms with van der Waals surface area (Å²) in [5.41, 5.74) is 3.39. The Morgan fingerprint density at radius 2 is 1.85 bits per heavy atom. The zero-order valence-electron chi connectivity index (χ0n) is 18.1. The minimum Gasteiger partial charge on any atom is -0.506 e. The number of aromatic nitrogens is 1. The van der Waals surface area contributed by atoms with Crippen molar-refractivity contribution in [2.75, 3.05) is 6.61 Å². The molecule has 1 aliphatic rings. The molecule has 0 spiro atoms. The van der Waals surface area contributed by atoms with Gasteiger partial charge >= 0.3 is 5.97 Å². The van der Waals surface area contributed by atoms with E-state index in [1.807, 2.05) is 43.3 Å². The van der Waals surface area contributed by atoms with Gasteiger partial charge in [-0.2, -0.15) is 0 Å². The van der Waals surface area contributed by atoms with Crippen molar-refractivity contribution in [1.29, 1.82) is 0 Å². The Hall–Kier alpha value is -1.99. The molecule has 1 N–H and O–H groups in total. The van der Waals surface area contributed by atoms with Crippen LogP contribution in [0, 0.1) is 14.1 Å². The predicted molar refractivity (Wildman–Crippen MR) is 145 cm³/mol. The van der Waals surface area contributed by atoms with Crippen molar-refractivity contribution in [3.8, 4) is 5.75 Å². The van der Waals surface area contributed by atoms with E-state index in [0.717, 1.165) is 16.7 Å². The number of rotatable bonds is 4. The monoisotopic (exact) mass is 686 g/mol. The summed E-state index contributed by atoms with van der Waals surface area (Å²) in [5, 5.41) is 10.1. The molecular weight excluding hydrogens is 666 g/mol. The summed E-state index contributed by atoms with van der Waals surface area (Å²) in [5.74, 6) is -0.245. The Morgan fingerprint density at radius 1 is 1.21 bits per heavy atom. The zero-order valence-corrected chi connectivity index (χ0v) is 23.2. The highest BCUT2D eigenvalue weighted by atomic mass is 127. The number of fused-ring (bicyclic) bond motifs is 1. The molecule has 3 aromatic rings. The Bertz CT molecular complexity index is 1450. The second-order valence-corrected chi connectivity index (χ2v) is 10.9. The van der Waals surface area contributed by atoms with E-state index in [0.29, 0.717) is 27.7 Å². The molecule has 2 heterocycles. The summed E-state index contributed by atoms with van der Waals surface area (Å²) in [6.07, 6.45) is 1.79. The third kappa shape index (κ3) is 4.67. The molecule has 0 saturated heterocycles. The summed E-state index contributed by atoms with van der Waals surface area (Å²) in [7, 11) is 0. The molecule has 1 aromatic heterocycles. The summed E-state index contributed by atoms with van der Waals surface area (Å²) in [6.45, 7) is 5.75. The van der Waals surface area contributed by atoms with Crippen LogP contribution in [0.1, 0.15) is 36.6 Å². The molecule has 0 amide bonds. The molecule has 0 aliphatic carbocycles. The summed E-state index contributed by atoms with van der Waals surface area (Å²) in [4.78, 5) is 31.6. The van der Waals surface area contributed by atoms with Crippen LogP contribution in [-0.2, 0) is 9.53 Å². The minimum atomic E-state index is -0.622. The maximum Gasteiger partial charge on any atom is 0.338 e. The van der Waals surface area contributed by atoms with Gasteiger partial charge in [0.15, 0.2) is 4.80 Å². The van der Waals surface area contributed by atoms with Crippen molar-refractivity contribution in [3.05, 3.63) is 91.2 Å². The van der Waals surface area contributed by atoms with Crippen molar-refractivity contribution in [1.82, 2.24) is 4.57 Å². The highest BCUT2D eigenvalue weighted by molar-refractivity contribution is 14.1. The molecule has 0 saturated carbocycles. The largest absolute Gasteiger partial charge is 0.506 e. The highest BCUT2D eigenvalue weighted by Crippen LogP contribution is 2.31. The number of carbonyl (C=O) groups is 1. The van der Waals surface area contributed by atoms with Gasteiger partial charge in [-0.15, -0.1) is 0 Å². The molecule has 1 atom stereocenters. The number of thiazole rings is 1. The van der Waals surface area contributed by atoms with E-state index in [4.69, 9.17) is 4.74 Å². The number of phenols is 1. The number of hydrogen-bond acceptors (Lipinski definition) is 6. The number of aromatic hydroxyl groups is 1. The third-order valence-electron chi connectivity index (χ3n) is 5.25. The quantitative estimate of drug-likeness (QED) is 0.333. The number of hydrogen-bond donors (Lipinski definition) is 1. The Morgan fingerprint density at radius 3 is 2.45 bits per heavy atom. The molecule has 6 nitrogen and oxygen atoms in total. The van der Waals surface area contributed by atoms with E-state index in [9.17, 15) is 14.7 Å². The number of ether oxygens (including phenoxy) is 1. The smallest absolute Gasteiger partial charge is 0.338 e. The van der Waals surface area contributed by atoms with Gasteiger partial charge < -0.3 is 9.84 Å². The number of allylic oxidation sites excluding steroid dienone is 1. The first kappa shape index (κ1) is 24.1. The Kier molecular flexibility index (Phi) is 7.10. The van der Waals surface area contributed by atoms with Gasteiger partial charge in [0, 0.05) is 0 Å². The van der Waals surface area contributed by atoms with Crippen LogP contribution in [0.25, 0.3) is 6.08 Å². The molecule has 0 unspecified atom stereocenters. The third-order valence-corrected chi connectivity index (χ3v) is 7.87. The zero-order chi connectivity index (χ0) is 23.9. The lowest BCUT2D eigenvalue weighted by Gasteiger charge is -2.24. The number of esters is 1. The van der Waals surface area contributed by atoms with Gasteiger partial charge in [0.05, 0.1) is 35.6 Å². The molecular formula is C24H20I2N2O4S. The molecule has 170 valence electrons. The Balaban J connectivity index is 1.96. The van der Waals surface area contributed by atoms with Crippen molar-refractivity contribution in [2.45, 2.75) is 26.8 Å². The van der Waals surface area contributed by atoms with Crippen LogP contribution in [0.3, 0.4) is 0 Å². The normalized spacial score (nSPS) is 15.9. The van der Waals surface area contributed by atoms with Crippen LogP contribution in [0.5, 0.6) is 5.75 Å². The number of phenolic OH excluding ortho intramolecular Hbond substituents is 1. The van der Waals surface area contributed by atoms with Crippen LogP contribution >= 0.6 is 56.5 Å². The maximum absolute atomic E-state index is 13.6. The number of halogens is 2. The van der Waals surface area contributed by atoms with Crippen LogP contribution < -0.4 is 14.9 Å². The van der Waals surface area contributed by atoms with E-state index in [-0.39, 0.29) is 17.9 Å². The van der Waals surface area contributed by atoms with E-state index < -0.39 is 12.0 Å². The molecule has 2 aromatic carbocycles. The van der Waals surface area contributed by atoms with E-state index >= 15 is 0 Å². The number of carbonyl (C=O) groups excluding carboxylic acids is 1. The number of aryl methyl sites for hydroxylation is 1. The number of benzene rings is 2. The SMILES string of the molecule is CCOC(=O)C1=C(C)N=c2s/c(=C\c3cc(I)c(O)c(I)c3)c(=O)n2[C@@H]1c1ccc(C)cc1. The first-order chi connectivity index (χ1) is 15.7. The molecule has 0 fully saturated rings. The van der Waals surface area contributed by atoms with E-state index in [2.05, 4.69) is 50.2 Å². The van der Waals surface area contributed by atoms with Gasteiger partial charge in [0.1, 0.15) is 5.75 Å². The summed E-state index contributed by atoms with van der Waals surface area (Å²) >= 11 is 5.41.